The van der Waals surface area contributed by atoms with Crippen molar-refractivity contribution in [2.24, 2.45) is 11.8 Å². The summed E-state index contributed by atoms with van der Waals surface area (Å²) in [4.78, 5) is 38.4. The van der Waals surface area contributed by atoms with E-state index in [1.54, 1.807) is 6.92 Å². The minimum absolute atomic E-state index is 0.0450. The molecule has 0 aliphatic carbocycles. The highest BCUT2D eigenvalue weighted by molar-refractivity contribution is 8.03. The molecule has 1 unspecified atom stereocenters. The van der Waals surface area contributed by atoms with E-state index in [-0.39, 0.29) is 40.8 Å². The zero-order chi connectivity index (χ0) is 19.7. The van der Waals surface area contributed by atoms with Crippen LogP contribution < -0.4 is 10.4 Å². The number of thioether (sulfide) groups is 1. The molecule has 2 amide bonds. The number of quaternary nitrogens is 1. The molecular weight excluding hydrogens is 370 g/mol. The van der Waals surface area contributed by atoms with Crippen molar-refractivity contribution < 1.29 is 29.1 Å². The van der Waals surface area contributed by atoms with Crippen LogP contribution in [0.2, 0.25) is 0 Å². The number of carboxylic acids is 1. The highest BCUT2D eigenvalue weighted by Crippen LogP contribution is 2.52. The summed E-state index contributed by atoms with van der Waals surface area (Å²) in [6.45, 7) is 5.79. The molecule has 0 aromatic rings. The first-order valence-corrected chi connectivity index (χ1v) is 10.3. The number of carbonyl (C=O) groups is 3. The first-order chi connectivity index (χ1) is 12.7. The lowest BCUT2D eigenvalue weighted by atomic mass is 9.79. The summed E-state index contributed by atoms with van der Waals surface area (Å²) in [5, 5.41) is 24.7. The van der Waals surface area contributed by atoms with Gasteiger partial charge in [-0.3, -0.25) is 9.59 Å². The molecule has 0 aromatic carbocycles. The minimum Gasteiger partial charge on any atom is -0.543 e. The Morgan fingerprint density at radius 3 is 2.74 bits per heavy atom. The molecule has 0 saturated carbocycles. The fraction of sp³-hybridized carbons (Fsp3) is 0.722. The van der Waals surface area contributed by atoms with E-state index >= 15 is 0 Å². The monoisotopic (exact) mass is 395 g/mol. The van der Waals surface area contributed by atoms with E-state index in [2.05, 4.69) is 12.4 Å². The van der Waals surface area contributed by atoms with E-state index in [4.69, 9.17) is 0 Å². The number of nitrogens with one attached hydrogen (secondary N) is 1. The van der Waals surface area contributed by atoms with Gasteiger partial charge in [-0.25, -0.2) is 0 Å². The Morgan fingerprint density at radius 2 is 2.15 bits per heavy atom. The lowest BCUT2D eigenvalue weighted by Gasteiger charge is -2.47. The summed E-state index contributed by atoms with van der Waals surface area (Å²) in [5.41, 5.74) is -0.0450. The second kappa shape index (κ2) is 6.22. The normalized spacial score (nSPS) is 41.8. The van der Waals surface area contributed by atoms with E-state index in [1.165, 1.54) is 16.7 Å². The molecule has 0 bridgehead atoms. The number of piperazine rings is 1. The molecule has 3 saturated heterocycles. The van der Waals surface area contributed by atoms with Crippen molar-refractivity contribution in [1.82, 2.24) is 10.2 Å². The third-order valence-corrected chi connectivity index (χ3v) is 8.17. The lowest BCUT2D eigenvalue weighted by molar-refractivity contribution is -0.913. The van der Waals surface area contributed by atoms with Gasteiger partial charge >= 0.3 is 0 Å². The predicted molar refractivity (Wildman–Crippen MR) is 95.7 cm³/mol. The molecule has 4 aliphatic heterocycles. The number of hydrogen-bond donors (Lipinski definition) is 2. The molecule has 148 valence electrons. The van der Waals surface area contributed by atoms with Crippen molar-refractivity contribution in [2.75, 3.05) is 26.7 Å². The molecule has 9 heteroatoms. The lowest BCUT2D eigenvalue weighted by Crippen LogP contribution is -2.64. The first-order valence-electron chi connectivity index (χ1n) is 9.41. The minimum atomic E-state index is -1.35. The highest BCUT2D eigenvalue weighted by atomic mass is 32.2. The number of aliphatic hydroxyl groups is 1. The average molecular weight is 395 g/mol. The van der Waals surface area contributed by atoms with Gasteiger partial charge in [0.2, 0.25) is 5.91 Å². The number of amides is 2. The third-order valence-electron chi connectivity index (χ3n) is 6.68. The van der Waals surface area contributed by atoms with E-state index in [0.717, 1.165) is 13.1 Å². The molecule has 4 rings (SSSR count). The number of aliphatic hydroxyl groups excluding tert-OH is 1. The number of fused-ring (bicyclic) bond motifs is 2. The van der Waals surface area contributed by atoms with Crippen LogP contribution in [0.4, 0.5) is 0 Å². The van der Waals surface area contributed by atoms with Gasteiger partial charge in [0.15, 0.2) is 6.04 Å². The van der Waals surface area contributed by atoms with Crippen molar-refractivity contribution in [1.29, 1.82) is 0 Å². The summed E-state index contributed by atoms with van der Waals surface area (Å²) in [6, 6.07) is -0.436. The van der Waals surface area contributed by atoms with Crippen LogP contribution in [0.3, 0.4) is 0 Å². The molecule has 0 aromatic heterocycles. The van der Waals surface area contributed by atoms with E-state index in [1.807, 2.05) is 6.92 Å². The van der Waals surface area contributed by atoms with Gasteiger partial charge in [-0.2, -0.15) is 0 Å². The predicted octanol–water partition coefficient (Wildman–Crippen LogP) is -1.74. The quantitative estimate of drug-likeness (QED) is 0.432. The number of likely N-dealkylation sites (N-methyl/N-ethyl adjacent to an activating group) is 1. The maximum absolute atomic E-state index is 12.4. The summed E-state index contributed by atoms with van der Waals surface area (Å²) in [7, 11) is 2.08. The zero-order valence-electron chi connectivity index (χ0n) is 15.7. The van der Waals surface area contributed by atoms with Crippen LogP contribution in [0.15, 0.2) is 10.6 Å². The number of carboxylic acid groups (broad SMARTS) is 1. The second-order valence-corrected chi connectivity index (χ2v) is 9.76. The van der Waals surface area contributed by atoms with Crippen molar-refractivity contribution in [2.45, 2.75) is 43.7 Å². The summed E-state index contributed by atoms with van der Waals surface area (Å²) < 4.78 is 0.675. The van der Waals surface area contributed by atoms with Crippen LogP contribution in [0.5, 0.6) is 0 Å². The Bertz CT molecular complexity index is 753. The van der Waals surface area contributed by atoms with Gasteiger partial charge in [0.25, 0.3) is 5.91 Å². The molecule has 7 atom stereocenters. The SMILES string of the molecule is C[C@@H](O)[C@H]1C(=O)N2C(C(=O)[O-])=C(S[C@H]3C[C@H]4C(=O)NCC[N+]4(C)C3)[C@H](C)[C@H]12. The summed E-state index contributed by atoms with van der Waals surface area (Å²) >= 11 is 1.48. The van der Waals surface area contributed by atoms with Crippen LogP contribution in [-0.4, -0.2) is 82.4 Å². The maximum Gasteiger partial charge on any atom is 0.278 e. The number of carbonyl (C=O) groups excluding carboxylic acids is 3. The first kappa shape index (κ1) is 18.8. The Hall–Kier alpha value is -1.58. The number of hydrogen-bond acceptors (Lipinski definition) is 6. The van der Waals surface area contributed by atoms with Gasteiger partial charge in [0.1, 0.15) is 0 Å². The molecular formula is C18H25N3O5S. The van der Waals surface area contributed by atoms with Crippen LogP contribution in [-0.2, 0) is 14.4 Å². The van der Waals surface area contributed by atoms with Gasteiger partial charge in [0, 0.05) is 17.2 Å². The largest absolute Gasteiger partial charge is 0.543 e. The fourth-order valence-corrected chi connectivity index (χ4v) is 6.99. The fourth-order valence-electron chi connectivity index (χ4n) is 5.29. The van der Waals surface area contributed by atoms with Gasteiger partial charge in [0.05, 0.1) is 61.7 Å². The number of aliphatic carboxylic acids is 1. The molecule has 8 nitrogen and oxygen atoms in total. The Morgan fingerprint density at radius 1 is 1.44 bits per heavy atom. The van der Waals surface area contributed by atoms with Gasteiger partial charge < -0.3 is 29.7 Å². The van der Waals surface area contributed by atoms with E-state index in [9.17, 15) is 24.6 Å². The van der Waals surface area contributed by atoms with Gasteiger partial charge in [-0.15, -0.1) is 11.8 Å². The van der Waals surface area contributed by atoms with Crippen molar-refractivity contribution in [3.8, 4) is 0 Å². The van der Waals surface area contributed by atoms with Crippen LogP contribution in [0.1, 0.15) is 20.3 Å². The van der Waals surface area contributed by atoms with Crippen LogP contribution >= 0.6 is 11.8 Å². The molecule has 3 fully saturated rings. The van der Waals surface area contributed by atoms with Crippen LogP contribution in [0, 0.1) is 11.8 Å². The number of rotatable bonds is 4. The van der Waals surface area contributed by atoms with Gasteiger partial charge in [-0.05, 0) is 6.92 Å². The van der Waals surface area contributed by atoms with Crippen LogP contribution in [0.25, 0.3) is 0 Å². The maximum atomic E-state index is 12.4. The Kier molecular flexibility index (Phi) is 4.32. The average Bonchev–Trinajstić information content (AvgIpc) is 3.02. The second-order valence-electron chi connectivity index (χ2n) is 8.42. The number of β-lactam (4-membered cyclic amide) rings is 1. The Labute approximate surface area is 162 Å². The Balaban J connectivity index is 1.59. The molecule has 4 heterocycles. The van der Waals surface area contributed by atoms with Crippen molar-refractivity contribution >= 4 is 29.5 Å². The molecule has 0 radical (unpaired) electrons. The highest BCUT2D eigenvalue weighted by Gasteiger charge is 2.59. The van der Waals surface area contributed by atoms with Crippen molar-refractivity contribution in [3.05, 3.63) is 10.6 Å². The molecule has 27 heavy (non-hydrogen) atoms. The standard InChI is InChI=1S/C18H25N3O5S/c1-8-13-12(9(2)22)17(24)20(13)14(18(25)26)15(8)27-10-6-11-16(23)19-4-5-21(11,3)7-10/h8-13,22H,4-7H2,1-3H3,(H-,19,23,25,26)/t8-,9-,10+,11+,12-,13-,21?/m1/s1. The molecule has 2 N–H and O–H groups in total. The molecule has 0 spiro atoms. The van der Waals surface area contributed by atoms with E-state index in [0.29, 0.717) is 22.4 Å². The summed E-state index contributed by atoms with van der Waals surface area (Å²) in [6.07, 6.45) is -0.135. The van der Waals surface area contributed by atoms with Crippen molar-refractivity contribution in [3.63, 3.8) is 0 Å². The number of nitrogens with zero attached hydrogens (tertiary/aromatic N) is 2. The third kappa shape index (κ3) is 2.62. The molecule has 4 aliphatic rings. The topological polar surface area (TPSA) is 110 Å². The smallest absolute Gasteiger partial charge is 0.278 e. The van der Waals surface area contributed by atoms with Gasteiger partial charge in [-0.1, -0.05) is 6.92 Å². The summed E-state index contributed by atoms with van der Waals surface area (Å²) in [5.74, 6) is -2.37. The van der Waals surface area contributed by atoms with E-state index < -0.39 is 18.0 Å². The zero-order valence-corrected chi connectivity index (χ0v) is 16.5.